The lowest BCUT2D eigenvalue weighted by atomic mass is 10.2. The van der Waals surface area contributed by atoms with Gasteiger partial charge in [-0.05, 0) is 46.3 Å². The van der Waals surface area contributed by atoms with E-state index in [0.717, 1.165) is 10.2 Å². The van der Waals surface area contributed by atoms with Crippen LogP contribution in [0.2, 0.25) is 5.02 Å². The van der Waals surface area contributed by atoms with E-state index in [2.05, 4.69) is 26.2 Å². The van der Waals surface area contributed by atoms with E-state index in [-0.39, 0.29) is 5.91 Å². The third-order valence-electron chi connectivity index (χ3n) is 2.87. The molecule has 0 aliphatic carbocycles. The van der Waals surface area contributed by atoms with Gasteiger partial charge in [0.1, 0.15) is 0 Å². The maximum absolute atomic E-state index is 12.3. The molecule has 0 atom stereocenters. The van der Waals surface area contributed by atoms with E-state index in [4.69, 9.17) is 17.3 Å². The number of nitrogens with zero attached hydrogens (tertiary/aromatic N) is 1. The molecule has 0 fully saturated rings. The van der Waals surface area contributed by atoms with Crippen molar-refractivity contribution in [2.75, 3.05) is 11.1 Å². The summed E-state index contributed by atoms with van der Waals surface area (Å²) in [4.78, 5) is 16.5. The molecule has 0 aliphatic rings. The normalized spacial score (nSPS) is 10.8. The monoisotopic (exact) mass is 381 g/mol. The Kier molecular flexibility index (Phi) is 3.84. The van der Waals surface area contributed by atoms with Gasteiger partial charge < -0.3 is 11.1 Å². The number of nitrogens with one attached hydrogen (secondary N) is 1. The Morgan fingerprint density at radius 2 is 2.14 bits per heavy atom. The summed E-state index contributed by atoms with van der Waals surface area (Å²) in [5.74, 6) is -0.216. The van der Waals surface area contributed by atoms with Gasteiger partial charge in [-0.1, -0.05) is 29.0 Å². The molecule has 106 valence electrons. The van der Waals surface area contributed by atoms with Crippen molar-refractivity contribution in [1.29, 1.82) is 0 Å². The highest BCUT2D eigenvalue weighted by molar-refractivity contribution is 9.10. The summed E-state index contributed by atoms with van der Waals surface area (Å²) in [6.45, 7) is 0. The highest BCUT2D eigenvalue weighted by Gasteiger charge is 2.11. The highest BCUT2D eigenvalue weighted by atomic mass is 79.9. The zero-order chi connectivity index (χ0) is 15.0. The molecule has 1 amide bonds. The molecule has 3 aromatic rings. The van der Waals surface area contributed by atoms with Crippen LogP contribution in [0.1, 0.15) is 10.4 Å². The quantitative estimate of drug-likeness (QED) is 0.683. The van der Waals surface area contributed by atoms with Gasteiger partial charge in [0.25, 0.3) is 5.91 Å². The Hall–Kier alpha value is -1.63. The average Bonchev–Trinajstić information content (AvgIpc) is 2.82. The van der Waals surface area contributed by atoms with E-state index in [9.17, 15) is 4.79 Å². The van der Waals surface area contributed by atoms with E-state index in [1.807, 2.05) is 0 Å². The van der Waals surface area contributed by atoms with E-state index in [1.165, 1.54) is 11.3 Å². The second-order valence-electron chi connectivity index (χ2n) is 4.29. The molecule has 1 aromatic heterocycles. The molecule has 0 saturated heterocycles. The van der Waals surface area contributed by atoms with Gasteiger partial charge in [-0.3, -0.25) is 4.79 Å². The Morgan fingerprint density at radius 1 is 1.33 bits per heavy atom. The van der Waals surface area contributed by atoms with Gasteiger partial charge in [0.15, 0.2) is 5.13 Å². The Morgan fingerprint density at radius 3 is 2.95 bits per heavy atom. The second-order valence-corrected chi connectivity index (χ2v) is 6.55. The SMILES string of the molecule is Nc1nc2ccc(C(=O)Nc3cccc(Cl)c3Br)cc2s1. The van der Waals surface area contributed by atoms with Gasteiger partial charge in [-0.15, -0.1) is 0 Å². The number of halogens is 2. The van der Waals surface area contributed by atoms with Crippen LogP contribution in [0, 0.1) is 0 Å². The molecule has 3 rings (SSSR count). The fourth-order valence-electron chi connectivity index (χ4n) is 1.88. The van der Waals surface area contributed by atoms with E-state index in [1.54, 1.807) is 36.4 Å². The molecule has 3 N–H and O–H groups in total. The van der Waals surface area contributed by atoms with Crippen molar-refractivity contribution in [3.63, 3.8) is 0 Å². The molecule has 21 heavy (non-hydrogen) atoms. The highest BCUT2D eigenvalue weighted by Crippen LogP contribution is 2.31. The number of hydrogen-bond donors (Lipinski definition) is 2. The van der Waals surface area contributed by atoms with E-state index in [0.29, 0.717) is 25.9 Å². The molecule has 2 aromatic carbocycles. The van der Waals surface area contributed by atoms with Crippen molar-refractivity contribution in [1.82, 2.24) is 4.98 Å². The van der Waals surface area contributed by atoms with Crippen LogP contribution < -0.4 is 11.1 Å². The number of benzene rings is 2. The standard InChI is InChI=1S/C14H9BrClN3OS/c15-12-8(16)2-1-3-10(12)18-13(20)7-4-5-9-11(6-7)21-14(17)19-9/h1-6H,(H2,17,19)(H,18,20). The summed E-state index contributed by atoms with van der Waals surface area (Å²) in [7, 11) is 0. The first-order valence-electron chi connectivity index (χ1n) is 5.96. The number of hydrogen-bond acceptors (Lipinski definition) is 4. The van der Waals surface area contributed by atoms with E-state index < -0.39 is 0 Å². The van der Waals surface area contributed by atoms with Crippen molar-refractivity contribution >= 4 is 65.8 Å². The topological polar surface area (TPSA) is 68.0 Å². The zero-order valence-electron chi connectivity index (χ0n) is 10.6. The third kappa shape index (κ3) is 2.88. The zero-order valence-corrected chi connectivity index (χ0v) is 13.7. The number of thiazole rings is 1. The average molecular weight is 383 g/mol. The predicted molar refractivity (Wildman–Crippen MR) is 91.1 cm³/mol. The summed E-state index contributed by atoms with van der Waals surface area (Å²) in [5.41, 5.74) is 7.61. The first-order valence-corrected chi connectivity index (χ1v) is 7.95. The van der Waals surface area contributed by atoms with Crippen LogP contribution in [0.5, 0.6) is 0 Å². The van der Waals surface area contributed by atoms with Crippen molar-refractivity contribution in [3.8, 4) is 0 Å². The van der Waals surface area contributed by atoms with Crippen LogP contribution in [0.3, 0.4) is 0 Å². The first kappa shape index (κ1) is 14.3. The molecule has 4 nitrogen and oxygen atoms in total. The summed E-state index contributed by atoms with van der Waals surface area (Å²) in [6, 6.07) is 10.6. The summed E-state index contributed by atoms with van der Waals surface area (Å²) in [5, 5.41) is 3.85. The van der Waals surface area contributed by atoms with Crippen LogP contribution >= 0.6 is 38.9 Å². The second kappa shape index (κ2) is 5.63. The minimum atomic E-state index is -0.216. The number of fused-ring (bicyclic) bond motifs is 1. The molecule has 7 heteroatoms. The lowest BCUT2D eigenvalue weighted by Crippen LogP contribution is -2.12. The number of nitrogen functional groups attached to an aromatic ring is 1. The van der Waals surface area contributed by atoms with Crippen LogP contribution in [0.25, 0.3) is 10.2 Å². The molecule has 0 radical (unpaired) electrons. The van der Waals surface area contributed by atoms with Crippen LogP contribution in [-0.2, 0) is 0 Å². The lowest BCUT2D eigenvalue weighted by Gasteiger charge is -2.08. The van der Waals surface area contributed by atoms with Crippen molar-refractivity contribution in [3.05, 3.63) is 51.5 Å². The van der Waals surface area contributed by atoms with Crippen molar-refractivity contribution in [2.24, 2.45) is 0 Å². The van der Waals surface area contributed by atoms with Gasteiger partial charge in [0.2, 0.25) is 0 Å². The van der Waals surface area contributed by atoms with Crippen LogP contribution in [0.4, 0.5) is 10.8 Å². The van der Waals surface area contributed by atoms with Crippen LogP contribution in [-0.4, -0.2) is 10.9 Å². The third-order valence-corrected chi connectivity index (χ3v) is 5.11. The Bertz CT molecular complexity index is 849. The first-order chi connectivity index (χ1) is 10.0. The molecule has 1 heterocycles. The van der Waals surface area contributed by atoms with Crippen LogP contribution in [0.15, 0.2) is 40.9 Å². The summed E-state index contributed by atoms with van der Waals surface area (Å²) < 4.78 is 1.54. The Labute approximate surface area is 138 Å². The molecular formula is C14H9BrClN3OS. The van der Waals surface area contributed by atoms with E-state index >= 15 is 0 Å². The number of aromatic nitrogens is 1. The Balaban J connectivity index is 1.91. The minimum absolute atomic E-state index is 0.216. The fourth-order valence-corrected chi connectivity index (χ4v) is 3.19. The summed E-state index contributed by atoms with van der Waals surface area (Å²) >= 11 is 10.7. The number of carbonyl (C=O) groups excluding carboxylic acids is 1. The molecule has 0 bridgehead atoms. The summed E-state index contributed by atoms with van der Waals surface area (Å²) in [6.07, 6.45) is 0. The molecular weight excluding hydrogens is 374 g/mol. The largest absolute Gasteiger partial charge is 0.375 e. The van der Waals surface area contributed by atoms with Gasteiger partial charge in [0.05, 0.1) is 25.4 Å². The molecule has 0 unspecified atom stereocenters. The number of amides is 1. The fraction of sp³-hybridized carbons (Fsp3) is 0. The van der Waals surface area contributed by atoms with Gasteiger partial charge in [-0.2, -0.15) is 0 Å². The minimum Gasteiger partial charge on any atom is -0.375 e. The maximum Gasteiger partial charge on any atom is 0.255 e. The number of rotatable bonds is 2. The number of carbonyl (C=O) groups is 1. The van der Waals surface area contributed by atoms with Gasteiger partial charge >= 0.3 is 0 Å². The maximum atomic E-state index is 12.3. The van der Waals surface area contributed by atoms with Gasteiger partial charge in [0, 0.05) is 5.56 Å². The smallest absolute Gasteiger partial charge is 0.255 e. The predicted octanol–water partition coefficient (Wildman–Crippen LogP) is 4.55. The van der Waals surface area contributed by atoms with Gasteiger partial charge in [-0.25, -0.2) is 4.98 Å². The molecule has 0 aliphatic heterocycles. The van der Waals surface area contributed by atoms with Crippen molar-refractivity contribution < 1.29 is 4.79 Å². The molecule has 0 spiro atoms. The molecule has 0 saturated carbocycles. The van der Waals surface area contributed by atoms with Crippen molar-refractivity contribution in [2.45, 2.75) is 0 Å². The lowest BCUT2D eigenvalue weighted by molar-refractivity contribution is 0.102. The number of nitrogens with two attached hydrogens (primary N) is 1. The number of anilines is 2.